The molecule has 0 saturated carbocycles. The van der Waals surface area contributed by atoms with Crippen LogP contribution < -0.4 is 10.6 Å². The minimum atomic E-state index is -0.558. The third-order valence-electron chi connectivity index (χ3n) is 4.50. The second-order valence-corrected chi connectivity index (χ2v) is 6.31. The summed E-state index contributed by atoms with van der Waals surface area (Å²) in [7, 11) is 3.38. The van der Waals surface area contributed by atoms with Crippen molar-refractivity contribution in [2.45, 2.75) is 25.7 Å². The molecule has 0 atom stereocenters. The Morgan fingerprint density at radius 1 is 1.24 bits per heavy atom. The molecule has 1 saturated heterocycles. The van der Waals surface area contributed by atoms with Crippen LogP contribution in [0.15, 0.2) is 23.2 Å². The van der Waals surface area contributed by atoms with Crippen LogP contribution in [0.25, 0.3) is 0 Å². The summed E-state index contributed by atoms with van der Waals surface area (Å²) < 4.78 is 26.4. The predicted octanol–water partition coefficient (Wildman–Crippen LogP) is 1.93. The van der Waals surface area contributed by atoms with E-state index in [1.807, 2.05) is 0 Å². The molecule has 25 heavy (non-hydrogen) atoms. The van der Waals surface area contributed by atoms with Crippen LogP contribution in [0.2, 0.25) is 0 Å². The van der Waals surface area contributed by atoms with E-state index in [-0.39, 0.29) is 5.91 Å². The number of likely N-dealkylation sites (tertiary alicyclic amines) is 1. The maximum atomic E-state index is 13.2. The van der Waals surface area contributed by atoms with Crippen molar-refractivity contribution in [1.82, 2.24) is 15.5 Å². The number of hydrogen-bond acceptors (Lipinski definition) is 2. The van der Waals surface area contributed by atoms with Gasteiger partial charge in [0.15, 0.2) is 5.96 Å². The lowest BCUT2D eigenvalue weighted by Crippen LogP contribution is -2.46. The first kappa shape index (κ1) is 19.1. The van der Waals surface area contributed by atoms with E-state index in [4.69, 9.17) is 0 Å². The molecule has 1 aromatic rings. The van der Waals surface area contributed by atoms with Crippen LogP contribution in [0.4, 0.5) is 8.78 Å². The molecule has 0 radical (unpaired) electrons. The number of amides is 1. The first-order chi connectivity index (χ1) is 12.0. The lowest BCUT2D eigenvalue weighted by molar-refractivity contribution is -0.121. The quantitative estimate of drug-likeness (QED) is 0.629. The Balaban J connectivity index is 1.78. The van der Waals surface area contributed by atoms with Crippen molar-refractivity contribution in [2.75, 3.05) is 33.7 Å². The molecule has 0 aliphatic carbocycles. The van der Waals surface area contributed by atoms with Crippen LogP contribution >= 0.6 is 0 Å². The zero-order valence-electron chi connectivity index (χ0n) is 14.8. The van der Waals surface area contributed by atoms with E-state index < -0.39 is 11.6 Å². The highest BCUT2D eigenvalue weighted by Gasteiger charge is 2.22. The molecule has 1 aliphatic heterocycles. The van der Waals surface area contributed by atoms with Crippen LogP contribution in [0.3, 0.4) is 0 Å². The van der Waals surface area contributed by atoms with Crippen LogP contribution in [0, 0.1) is 17.6 Å². The van der Waals surface area contributed by atoms with E-state index >= 15 is 0 Å². The van der Waals surface area contributed by atoms with Gasteiger partial charge in [0, 0.05) is 46.2 Å². The summed E-state index contributed by atoms with van der Waals surface area (Å²) in [6.45, 7) is 2.24. The average Bonchev–Trinajstić information content (AvgIpc) is 2.59. The number of nitrogens with one attached hydrogen (secondary N) is 2. The van der Waals surface area contributed by atoms with E-state index in [0.717, 1.165) is 38.0 Å². The summed E-state index contributed by atoms with van der Waals surface area (Å²) in [6, 6.07) is 3.56. The molecule has 1 heterocycles. The topological polar surface area (TPSA) is 56.7 Å². The fourth-order valence-electron chi connectivity index (χ4n) is 3.12. The highest BCUT2D eigenvalue weighted by atomic mass is 19.1. The zero-order valence-corrected chi connectivity index (χ0v) is 14.8. The first-order valence-corrected chi connectivity index (χ1v) is 8.63. The van der Waals surface area contributed by atoms with Gasteiger partial charge in [-0.15, -0.1) is 0 Å². The van der Waals surface area contributed by atoms with Gasteiger partial charge in [-0.2, -0.15) is 0 Å². The van der Waals surface area contributed by atoms with E-state index in [1.165, 1.54) is 12.1 Å². The van der Waals surface area contributed by atoms with Gasteiger partial charge < -0.3 is 15.5 Å². The molecule has 7 heteroatoms. The Morgan fingerprint density at radius 2 is 1.88 bits per heavy atom. The SMILES string of the molecule is CN=C(NCCc1cc(F)cc(F)c1)N1CCC(CC(=O)NC)CC1. The Morgan fingerprint density at radius 3 is 2.44 bits per heavy atom. The number of piperidine rings is 1. The number of halogens is 2. The smallest absolute Gasteiger partial charge is 0.220 e. The number of carbonyl (C=O) groups is 1. The maximum absolute atomic E-state index is 13.2. The molecule has 2 rings (SSSR count). The van der Waals surface area contributed by atoms with Gasteiger partial charge in [-0.3, -0.25) is 9.79 Å². The molecule has 1 fully saturated rings. The number of aliphatic imine (C=N–C) groups is 1. The van der Waals surface area contributed by atoms with Crippen molar-refractivity contribution in [2.24, 2.45) is 10.9 Å². The highest BCUT2D eigenvalue weighted by molar-refractivity contribution is 5.80. The number of carbonyl (C=O) groups excluding carboxylic acids is 1. The molecule has 0 aromatic heterocycles. The Bertz CT molecular complexity index is 593. The van der Waals surface area contributed by atoms with Gasteiger partial charge in [-0.05, 0) is 42.9 Å². The maximum Gasteiger partial charge on any atom is 0.220 e. The van der Waals surface area contributed by atoms with Crippen molar-refractivity contribution in [1.29, 1.82) is 0 Å². The number of benzene rings is 1. The molecule has 1 aliphatic rings. The number of guanidine groups is 1. The lowest BCUT2D eigenvalue weighted by atomic mass is 9.93. The van der Waals surface area contributed by atoms with Crippen molar-refractivity contribution in [3.63, 3.8) is 0 Å². The lowest BCUT2D eigenvalue weighted by Gasteiger charge is -2.34. The van der Waals surface area contributed by atoms with Gasteiger partial charge in [-0.25, -0.2) is 8.78 Å². The molecule has 1 aromatic carbocycles. The molecule has 0 unspecified atom stereocenters. The van der Waals surface area contributed by atoms with Crippen molar-refractivity contribution in [3.05, 3.63) is 35.4 Å². The van der Waals surface area contributed by atoms with E-state index in [1.54, 1.807) is 14.1 Å². The van der Waals surface area contributed by atoms with Crippen LogP contribution in [0.1, 0.15) is 24.8 Å². The van der Waals surface area contributed by atoms with E-state index in [9.17, 15) is 13.6 Å². The molecule has 0 bridgehead atoms. The standard InChI is InChI=1S/C18H26F2N4O/c1-21-17(25)11-13-4-7-24(8-5-13)18(22-2)23-6-3-14-9-15(19)12-16(20)10-14/h9-10,12-13H,3-8,11H2,1-2H3,(H,21,25)(H,22,23). The van der Waals surface area contributed by atoms with Gasteiger partial charge in [0.2, 0.25) is 5.91 Å². The molecule has 0 spiro atoms. The molecule has 1 amide bonds. The second-order valence-electron chi connectivity index (χ2n) is 6.31. The second kappa shape index (κ2) is 9.34. The first-order valence-electron chi connectivity index (χ1n) is 8.63. The fourth-order valence-corrected chi connectivity index (χ4v) is 3.12. The predicted molar refractivity (Wildman–Crippen MR) is 94.4 cm³/mol. The summed E-state index contributed by atoms with van der Waals surface area (Å²) in [5, 5.41) is 5.91. The van der Waals surface area contributed by atoms with Crippen molar-refractivity contribution < 1.29 is 13.6 Å². The summed E-state index contributed by atoms with van der Waals surface area (Å²) in [4.78, 5) is 17.9. The monoisotopic (exact) mass is 352 g/mol. The van der Waals surface area contributed by atoms with Gasteiger partial charge >= 0.3 is 0 Å². The summed E-state index contributed by atoms with van der Waals surface area (Å²) in [5.41, 5.74) is 0.615. The van der Waals surface area contributed by atoms with Crippen molar-refractivity contribution in [3.8, 4) is 0 Å². The Labute approximate surface area is 147 Å². The van der Waals surface area contributed by atoms with Gasteiger partial charge in [0.1, 0.15) is 11.6 Å². The number of rotatable bonds is 5. The molecule has 2 N–H and O–H groups in total. The Kier molecular flexibility index (Phi) is 7.16. The summed E-state index contributed by atoms with van der Waals surface area (Å²) in [5.74, 6) is 0.165. The third kappa shape index (κ3) is 5.99. The Hall–Kier alpha value is -2.18. The largest absolute Gasteiger partial charge is 0.359 e. The van der Waals surface area contributed by atoms with Crippen LogP contribution in [0.5, 0.6) is 0 Å². The molecule has 138 valence electrons. The normalized spacial score (nSPS) is 16.0. The van der Waals surface area contributed by atoms with Crippen LogP contribution in [-0.4, -0.2) is 50.5 Å². The molecule has 5 nitrogen and oxygen atoms in total. The van der Waals surface area contributed by atoms with E-state index in [0.29, 0.717) is 30.9 Å². The average molecular weight is 352 g/mol. The van der Waals surface area contributed by atoms with Crippen LogP contribution in [-0.2, 0) is 11.2 Å². The number of hydrogen-bond donors (Lipinski definition) is 2. The number of nitrogens with zero attached hydrogens (tertiary/aromatic N) is 2. The van der Waals surface area contributed by atoms with E-state index in [2.05, 4.69) is 20.5 Å². The minimum Gasteiger partial charge on any atom is -0.359 e. The van der Waals surface area contributed by atoms with Gasteiger partial charge in [0.05, 0.1) is 0 Å². The fraction of sp³-hybridized carbons (Fsp3) is 0.556. The third-order valence-corrected chi connectivity index (χ3v) is 4.50. The van der Waals surface area contributed by atoms with Crippen molar-refractivity contribution >= 4 is 11.9 Å². The van der Waals surface area contributed by atoms with Gasteiger partial charge in [0.25, 0.3) is 0 Å². The van der Waals surface area contributed by atoms with Gasteiger partial charge in [-0.1, -0.05) is 0 Å². The molecular formula is C18H26F2N4O. The zero-order chi connectivity index (χ0) is 18.2. The summed E-state index contributed by atoms with van der Waals surface area (Å²) in [6.07, 6.45) is 2.98. The highest BCUT2D eigenvalue weighted by Crippen LogP contribution is 2.20. The summed E-state index contributed by atoms with van der Waals surface area (Å²) >= 11 is 0. The molecular weight excluding hydrogens is 326 g/mol. The minimum absolute atomic E-state index is 0.0864.